The second-order valence-electron chi connectivity index (χ2n) is 6.91. The summed E-state index contributed by atoms with van der Waals surface area (Å²) in [5.41, 5.74) is 0.718. The molecule has 0 bridgehead atoms. The summed E-state index contributed by atoms with van der Waals surface area (Å²) in [6, 6.07) is 19.0. The Bertz CT molecular complexity index is 879. The van der Waals surface area contributed by atoms with Gasteiger partial charge in [-0.3, -0.25) is 4.79 Å². The van der Waals surface area contributed by atoms with Crippen LogP contribution in [0.3, 0.4) is 0 Å². The van der Waals surface area contributed by atoms with E-state index in [1.54, 1.807) is 0 Å². The molecule has 0 spiro atoms. The topological polar surface area (TPSA) is 57.0 Å². The van der Waals surface area contributed by atoms with E-state index in [2.05, 4.69) is 28.6 Å². The first kappa shape index (κ1) is 20.1. The van der Waals surface area contributed by atoms with E-state index in [1.807, 2.05) is 60.7 Å². The molecule has 3 rings (SSSR count). The Kier molecular flexibility index (Phi) is 7.25. The van der Waals surface area contributed by atoms with Gasteiger partial charge in [-0.2, -0.15) is 0 Å². The van der Waals surface area contributed by atoms with Crippen LogP contribution in [-0.4, -0.2) is 26.3 Å². The van der Waals surface area contributed by atoms with Gasteiger partial charge in [0.05, 0.1) is 5.75 Å². The van der Waals surface area contributed by atoms with Gasteiger partial charge >= 0.3 is 0 Å². The Morgan fingerprint density at radius 2 is 1.71 bits per heavy atom. The molecule has 0 aliphatic rings. The van der Waals surface area contributed by atoms with Gasteiger partial charge in [-0.25, -0.2) is 0 Å². The van der Waals surface area contributed by atoms with Crippen molar-refractivity contribution in [3.05, 3.63) is 72.1 Å². The van der Waals surface area contributed by atoms with Crippen molar-refractivity contribution in [1.29, 1.82) is 0 Å². The molecule has 1 heterocycles. The lowest BCUT2D eigenvalue weighted by Gasteiger charge is -2.12. The number of carbonyl (C=O) groups is 1. The maximum Gasteiger partial charge on any atom is 0.191 e. The molecular formula is C22H25N3O2S. The summed E-state index contributed by atoms with van der Waals surface area (Å²) in [6.07, 6.45) is 1.01. The van der Waals surface area contributed by atoms with Crippen LogP contribution in [0.15, 0.2) is 65.8 Å². The van der Waals surface area contributed by atoms with Gasteiger partial charge in [0.15, 0.2) is 16.8 Å². The van der Waals surface area contributed by atoms with Gasteiger partial charge in [-0.1, -0.05) is 74.1 Å². The Labute approximate surface area is 170 Å². The number of Topliss-reactive ketones (excluding diaryl/α,β-unsaturated/α-hetero) is 1. The van der Waals surface area contributed by atoms with Crippen LogP contribution >= 0.6 is 11.8 Å². The second-order valence-corrected chi connectivity index (χ2v) is 7.86. The second kappa shape index (κ2) is 10.1. The molecule has 0 N–H and O–H groups in total. The fraction of sp³-hybridized carbons (Fsp3) is 0.318. The van der Waals surface area contributed by atoms with Crippen LogP contribution < -0.4 is 4.74 Å². The highest BCUT2D eigenvalue weighted by Gasteiger charge is 2.16. The number of hydrogen-bond donors (Lipinski definition) is 0. The van der Waals surface area contributed by atoms with E-state index in [1.165, 1.54) is 11.8 Å². The Hall–Kier alpha value is -2.60. The fourth-order valence-electron chi connectivity index (χ4n) is 2.65. The van der Waals surface area contributed by atoms with Gasteiger partial charge in [0, 0.05) is 12.1 Å². The monoisotopic (exact) mass is 395 g/mol. The molecule has 0 atom stereocenters. The molecule has 0 saturated heterocycles. The summed E-state index contributed by atoms with van der Waals surface area (Å²) in [5.74, 6) is 2.57. The lowest BCUT2D eigenvalue weighted by atomic mass is 10.1. The van der Waals surface area contributed by atoms with Crippen LogP contribution in [0.4, 0.5) is 0 Å². The first-order chi connectivity index (χ1) is 13.6. The molecule has 5 nitrogen and oxygen atoms in total. The molecule has 0 radical (unpaired) electrons. The van der Waals surface area contributed by atoms with Crippen LogP contribution in [0.2, 0.25) is 0 Å². The molecular weight excluding hydrogens is 370 g/mol. The minimum atomic E-state index is 0.0890. The summed E-state index contributed by atoms with van der Waals surface area (Å²) in [4.78, 5) is 12.4. The Morgan fingerprint density at radius 3 is 2.39 bits per heavy atom. The lowest BCUT2D eigenvalue weighted by Crippen LogP contribution is -2.11. The average Bonchev–Trinajstić information content (AvgIpc) is 3.12. The van der Waals surface area contributed by atoms with E-state index in [-0.39, 0.29) is 5.78 Å². The molecule has 2 aromatic carbocycles. The third-order valence-electron chi connectivity index (χ3n) is 4.26. The number of para-hydroxylation sites is 1. The van der Waals surface area contributed by atoms with E-state index in [4.69, 9.17) is 4.74 Å². The Balaban J connectivity index is 1.68. The molecule has 1 aromatic heterocycles. The van der Waals surface area contributed by atoms with Crippen molar-refractivity contribution in [3.8, 4) is 5.75 Å². The van der Waals surface area contributed by atoms with Crippen molar-refractivity contribution in [1.82, 2.24) is 14.8 Å². The molecule has 6 heteroatoms. The zero-order valence-electron chi connectivity index (χ0n) is 16.2. The normalized spacial score (nSPS) is 11.0. The SMILES string of the molecule is CC(C)CCn1c(COc2ccccc2)nnc1SCC(=O)c1ccccc1. The number of nitrogens with zero attached hydrogens (tertiary/aromatic N) is 3. The highest BCUT2D eigenvalue weighted by molar-refractivity contribution is 7.99. The van der Waals surface area contributed by atoms with Gasteiger partial charge < -0.3 is 9.30 Å². The highest BCUT2D eigenvalue weighted by Crippen LogP contribution is 2.21. The molecule has 0 aliphatic carbocycles. The molecule has 0 aliphatic heterocycles. The van der Waals surface area contributed by atoms with Crippen LogP contribution in [0.5, 0.6) is 5.75 Å². The zero-order valence-corrected chi connectivity index (χ0v) is 17.1. The molecule has 28 heavy (non-hydrogen) atoms. The number of thioether (sulfide) groups is 1. The van der Waals surface area contributed by atoms with Crippen LogP contribution in [0, 0.1) is 5.92 Å². The number of carbonyl (C=O) groups excluding carboxylic acids is 1. The highest BCUT2D eigenvalue weighted by atomic mass is 32.2. The molecule has 0 fully saturated rings. The maximum absolute atomic E-state index is 12.4. The van der Waals surface area contributed by atoms with Crippen molar-refractivity contribution >= 4 is 17.5 Å². The number of ether oxygens (including phenoxy) is 1. The van der Waals surface area contributed by atoms with E-state index >= 15 is 0 Å². The van der Waals surface area contributed by atoms with Crippen molar-refractivity contribution in [2.45, 2.75) is 38.6 Å². The molecule has 0 amide bonds. The summed E-state index contributed by atoms with van der Waals surface area (Å²) in [5, 5.41) is 9.39. The predicted molar refractivity (Wildman–Crippen MR) is 112 cm³/mol. The van der Waals surface area contributed by atoms with Gasteiger partial charge in [0.1, 0.15) is 12.4 Å². The molecule has 0 unspecified atom stereocenters. The average molecular weight is 396 g/mol. The number of benzene rings is 2. The minimum absolute atomic E-state index is 0.0890. The fourth-order valence-corrected chi connectivity index (χ4v) is 3.52. The van der Waals surface area contributed by atoms with Crippen molar-refractivity contribution in [2.75, 3.05) is 5.75 Å². The molecule has 0 saturated carbocycles. The Morgan fingerprint density at radius 1 is 1.04 bits per heavy atom. The summed E-state index contributed by atoms with van der Waals surface area (Å²) < 4.78 is 7.92. The molecule has 3 aromatic rings. The third-order valence-corrected chi connectivity index (χ3v) is 5.23. The van der Waals surface area contributed by atoms with Gasteiger partial charge in [-0.15, -0.1) is 10.2 Å². The summed E-state index contributed by atoms with van der Waals surface area (Å²) >= 11 is 1.43. The van der Waals surface area contributed by atoms with Crippen molar-refractivity contribution in [2.24, 2.45) is 5.92 Å². The quantitative estimate of drug-likeness (QED) is 0.362. The maximum atomic E-state index is 12.4. The van der Waals surface area contributed by atoms with E-state index < -0.39 is 0 Å². The van der Waals surface area contributed by atoms with Crippen molar-refractivity contribution in [3.63, 3.8) is 0 Å². The van der Waals surface area contributed by atoms with E-state index in [0.29, 0.717) is 18.3 Å². The number of ketones is 1. The number of aromatic nitrogens is 3. The molecule has 146 valence electrons. The first-order valence-corrected chi connectivity index (χ1v) is 10.4. The number of rotatable bonds is 10. The van der Waals surface area contributed by atoms with Crippen LogP contribution in [0.25, 0.3) is 0 Å². The van der Waals surface area contributed by atoms with Crippen molar-refractivity contribution < 1.29 is 9.53 Å². The predicted octanol–water partition coefficient (Wildman–Crippen LogP) is 4.88. The van der Waals surface area contributed by atoms with Gasteiger partial charge in [-0.05, 0) is 24.5 Å². The van der Waals surface area contributed by atoms with E-state index in [0.717, 1.165) is 35.3 Å². The minimum Gasteiger partial charge on any atom is -0.486 e. The standard InChI is InChI=1S/C22H25N3O2S/c1-17(2)13-14-25-21(15-27-19-11-7-4-8-12-19)23-24-22(25)28-16-20(26)18-9-5-3-6-10-18/h3-12,17H,13-16H2,1-2H3. The van der Waals surface area contributed by atoms with Crippen LogP contribution in [-0.2, 0) is 13.2 Å². The van der Waals surface area contributed by atoms with Gasteiger partial charge in [0.25, 0.3) is 0 Å². The summed E-state index contributed by atoms with van der Waals surface area (Å²) in [7, 11) is 0. The zero-order chi connectivity index (χ0) is 19.8. The van der Waals surface area contributed by atoms with E-state index in [9.17, 15) is 4.79 Å². The lowest BCUT2D eigenvalue weighted by molar-refractivity contribution is 0.102. The summed E-state index contributed by atoms with van der Waals surface area (Å²) in [6.45, 7) is 5.54. The first-order valence-electron chi connectivity index (χ1n) is 9.44. The number of hydrogen-bond acceptors (Lipinski definition) is 5. The third kappa shape index (κ3) is 5.70. The van der Waals surface area contributed by atoms with Gasteiger partial charge in [0.2, 0.25) is 0 Å². The van der Waals surface area contributed by atoms with Crippen LogP contribution in [0.1, 0.15) is 36.5 Å². The smallest absolute Gasteiger partial charge is 0.191 e. The largest absolute Gasteiger partial charge is 0.486 e.